The van der Waals surface area contributed by atoms with Crippen molar-refractivity contribution < 1.29 is 18.0 Å². The van der Waals surface area contributed by atoms with Crippen molar-refractivity contribution in [2.24, 2.45) is 0 Å². The maximum Gasteiger partial charge on any atom is 0.264 e. The first-order valence-corrected chi connectivity index (χ1v) is 17.6. The van der Waals surface area contributed by atoms with Crippen molar-refractivity contribution >= 4 is 62.3 Å². The zero-order valence-corrected chi connectivity index (χ0v) is 30.0. The molecule has 7 nitrogen and oxygen atoms in total. The van der Waals surface area contributed by atoms with Crippen molar-refractivity contribution in [1.82, 2.24) is 10.2 Å². The van der Waals surface area contributed by atoms with Gasteiger partial charge in [-0.25, -0.2) is 8.42 Å². The van der Waals surface area contributed by atoms with E-state index in [1.165, 1.54) is 23.1 Å². The lowest BCUT2D eigenvalue weighted by atomic mass is 10.0. The molecule has 0 aliphatic rings. The Morgan fingerprint density at radius 2 is 1.43 bits per heavy atom. The zero-order chi connectivity index (χ0) is 34.5. The minimum Gasteiger partial charge on any atom is -0.350 e. The zero-order valence-electron chi connectivity index (χ0n) is 26.9. The van der Waals surface area contributed by atoms with Gasteiger partial charge in [-0.05, 0) is 82.1 Å². The van der Waals surface area contributed by atoms with E-state index in [-0.39, 0.29) is 23.5 Å². The maximum atomic E-state index is 14.7. The van der Waals surface area contributed by atoms with Crippen LogP contribution in [0.4, 0.5) is 5.69 Å². The number of carbonyl (C=O) groups is 2. The largest absolute Gasteiger partial charge is 0.350 e. The van der Waals surface area contributed by atoms with E-state index in [2.05, 4.69) is 5.32 Å². The summed E-state index contributed by atoms with van der Waals surface area (Å²) in [7, 11) is -4.28. The molecule has 4 aromatic rings. The van der Waals surface area contributed by atoms with Gasteiger partial charge >= 0.3 is 0 Å². The molecule has 0 fully saturated rings. The van der Waals surface area contributed by atoms with Crippen molar-refractivity contribution in [3.8, 4) is 0 Å². The number of halogens is 3. The van der Waals surface area contributed by atoms with Gasteiger partial charge in [-0.15, -0.1) is 0 Å². The summed E-state index contributed by atoms with van der Waals surface area (Å²) in [5.74, 6) is -1.05. The van der Waals surface area contributed by atoms with Crippen molar-refractivity contribution in [3.05, 3.63) is 128 Å². The summed E-state index contributed by atoms with van der Waals surface area (Å²) in [6.07, 6.45) is 0.150. The fourth-order valence-electron chi connectivity index (χ4n) is 4.96. The van der Waals surface area contributed by atoms with Crippen molar-refractivity contribution in [1.29, 1.82) is 0 Å². The van der Waals surface area contributed by atoms with E-state index in [1.54, 1.807) is 49.4 Å². The summed E-state index contributed by atoms with van der Waals surface area (Å²) < 4.78 is 29.5. The number of amides is 2. The molecular weight excluding hydrogens is 677 g/mol. The molecule has 0 radical (unpaired) electrons. The van der Waals surface area contributed by atoms with Crippen LogP contribution in [0, 0.1) is 13.8 Å². The third-order valence-electron chi connectivity index (χ3n) is 7.49. The topological polar surface area (TPSA) is 86.8 Å². The Morgan fingerprint density at radius 3 is 2.00 bits per heavy atom. The molecule has 47 heavy (non-hydrogen) atoms. The van der Waals surface area contributed by atoms with E-state index in [4.69, 9.17) is 34.8 Å². The Hall–Kier alpha value is -3.56. The van der Waals surface area contributed by atoms with Gasteiger partial charge in [-0.3, -0.25) is 13.9 Å². The van der Waals surface area contributed by atoms with Crippen LogP contribution in [0.15, 0.2) is 95.9 Å². The number of aryl methyl sites for hydroxylation is 2. The lowest BCUT2D eigenvalue weighted by molar-refractivity contribution is -0.140. The smallest absolute Gasteiger partial charge is 0.264 e. The fraction of sp³-hybridized carbons (Fsp3) is 0.278. The van der Waals surface area contributed by atoms with Gasteiger partial charge in [-0.1, -0.05) is 95.0 Å². The molecule has 11 heteroatoms. The molecule has 0 spiro atoms. The highest BCUT2D eigenvalue weighted by Crippen LogP contribution is 2.31. The highest BCUT2D eigenvalue weighted by molar-refractivity contribution is 7.92. The third-order valence-corrected chi connectivity index (χ3v) is 10.4. The van der Waals surface area contributed by atoms with E-state index in [1.807, 2.05) is 58.0 Å². The number of anilines is 1. The van der Waals surface area contributed by atoms with Crippen LogP contribution >= 0.6 is 34.8 Å². The average molecular weight is 715 g/mol. The highest BCUT2D eigenvalue weighted by Gasteiger charge is 2.36. The summed E-state index contributed by atoms with van der Waals surface area (Å²) in [5.41, 5.74) is 2.43. The Balaban J connectivity index is 1.87. The molecule has 0 aromatic heterocycles. The van der Waals surface area contributed by atoms with Gasteiger partial charge in [0, 0.05) is 39.1 Å². The predicted molar refractivity (Wildman–Crippen MR) is 191 cm³/mol. The number of sulfonamides is 1. The van der Waals surface area contributed by atoms with Gasteiger partial charge in [0.2, 0.25) is 11.8 Å². The number of benzene rings is 4. The summed E-state index contributed by atoms with van der Waals surface area (Å²) >= 11 is 19.6. The Bertz CT molecular complexity index is 1820. The van der Waals surface area contributed by atoms with Gasteiger partial charge in [0.05, 0.1) is 10.6 Å². The summed E-state index contributed by atoms with van der Waals surface area (Å²) in [6.45, 7) is 8.40. The predicted octanol–water partition coefficient (Wildman–Crippen LogP) is 8.01. The van der Waals surface area contributed by atoms with Crippen LogP contribution in [0.3, 0.4) is 0 Å². The molecule has 1 atom stereocenters. The molecule has 0 bridgehead atoms. The van der Waals surface area contributed by atoms with Crippen LogP contribution in [-0.4, -0.2) is 43.3 Å². The number of rotatable bonds is 11. The van der Waals surface area contributed by atoms with Gasteiger partial charge in [0.1, 0.15) is 12.6 Å². The Labute approximate surface area is 292 Å². The molecule has 4 rings (SSSR count). The van der Waals surface area contributed by atoms with Gasteiger partial charge in [0.25, 0.3) is 10.0 Å². The maximum absolute atomic E-state index is 14.7. The molecule has 2 amide bonds. The van der Waals surface area contributed by atoms with Crippen molar-refractivity contribution in [2.75, 3.05) is 10.8 Å². The molecule has 4 aromatic carbocycles. The second kappa shape index (κ2) is 15.1. The van der Waals surface area contributed by atoms with Gasteiger partial charge in [0.15, 0.2) is 0 Å². The number of nitrogens with one attached hydrogen (secondary N) is 1. The van der Waals surface area contributed by atoms with Gasteiger partial charge < -0.3 is 10.2 Å². The van der Waals surface area contributed by atoms with Crippen molar-refractivity contribution in [2.45, 2.75) is 64.1 Å². The minimum atomic E-state index is -4.28. The van der Waals surface area contributed by atoms with E-state index < -0.39 is 40.0 Å². The molecule has 0 saturated heterocycles. The van der Waals surface area contributed by atoms with Crippen LogP contribution in [0.25, 0.3) is 0 Å². The lowest BCUT2D eigenvalue weighted by Crippen LogP contribution is -2.56. The first-order chi connectivity index (χ1) is 22.1. The quantitative estimate of drug-likeness (QED) is 0.171. The van der Waals surface area contributed by atoms with Gasteiger partial charge in [-0.2, -0.15) is 0 Å². The molecule has 0 heterocycles. The third kappa shape index (κ3) is 9.29. The SMILES string of the molecule is Cc1ccc(S(=O)(=O)N(CC(=O)N(Cc2c(Cl)cccc2Cl)C(Cc2ccccc2)C(=O)NC(C)(C)C)c2ccc(C)c(Cl)c2)cc1. The normalized spacial score (nSPS) is 12.3. The average Bonchev–Trinajstić information content (AvgIpc) is 3.00. The van der Waals surface area contributed by atoms with Crippen LogP contribution in [0.1, 0.15) is 43.0 Å². The number of hydrogen-bond acceptors (Lipinski definition) is 4. The van der Waals surface area contributed by atoms with E-state index in [0.29, 0.717) is 20.6 Å². The van der Waals surface area contributed by atoms with Crippen LogP contribution in [-0.2, 0) is 32.6 Å². The highest BCUT2D eigenvalue weighted by atomic mass is 35.5. The second-order valence-electron chi connectivity index (χ2n) is 12.4. The number of nitrogens with zero attached hydrogens (tertiary/aromatic N) is 2. The van der Waals surface area contributed by atoms with Crippen LogP contribution in [0.2, 0.25) is 15.1 Å². The monoisotopic (exact) mass is 713 g/mol. The molecule has 0 aliphatic carbocycles. The first kappa shape index (κ1) is 36.3. The molecule has 1 N–H and O–H groups in total. The van der Waals surface area contributed by atoms with Crippen molar-refractivity contribution in [3.63, 3.8) is 0 Å². The Morgan fingerprint density at radius 1 is 0.809 bits per heavy atom. The van der Waals surface area contributed by atoms with Crippen LogP contribution in [0.5, 0.6) is 0 Å². The lowest BCUT2D eigenvalue weighted by Gasteiger charge is -2.35. The molecule has 0 aliphatic heterocycles. The summed E-state index contributed by atoms with van der Waals surface area (Å²) in [6, 6.07) is 24.4. The van der Waals surface area contributed by atoms with E-state index in [9.17, 15) is 18.0 Å². The number of carbonyl (C=O) groups excluding carboxylic acids is 2. The molecule has 1 unspecified atom stereocenters. The molecule has 0 saturated carbocycles. The van der Waals surface area contributed by atoms with E-state index >= 15 is 0 Å². The Kier molecular flexibility index (Phi) is 11.7. The molecule has 248 valence electrons. The molecular formula is C36H38Cl3N3O4S. The minimum absolute atomic E-state index is 0.000364. The summed E-state index contributed by atoms with van der Waals surface area (Å²) in [5, 5.41) is 3.95. The number of hydrogen-bond donors (Lipinski definition) is 1. The second-order valence-corrected chi connectivity index (χ2v) is 15.5. The standard InChI is InChI=1S/C36H38Cl3N3O4S/c1-24-14-18-28(19-15-24)47(45,46)42(27-17-16-25(2)32(39)21-27)23-34(43)41(22-29-30(37)12-9-13-31(29)38)33(35(44)40-36(3,4)5)20-26-10-7-6-8-11-26/h6-19,21,33H,20,22-23H2,1-5H3,(H,40,44). The fourth-order valence-corrected chi connectivity index (χ4v) is 7.06. The van der Waals surface area contributed by atoms with Crippen LogP contribution < -0.4 is 9.62 Å². The first-order valence-electron chi connectivity index (χ1n) is 15.0. The summed E-state index contributed by atoms with van der Waals surface area (Å²) in [4.78, 5) is 30.1. The van der Waals surface area contributed by atoms with E-state index in [0.717, 1.165) is 21.0 Å².